The van der Waals surface area contributed by atoms with Crippen LogP contribution in [0.2, 0.25) is 0 Å². The van der Waals surface area contributed by atoms with E-state index >= 15 is 0 Å². The lowest BCUT2D eigenvalue weighted by Crippen LogP contribution is -2.15. The zero-order valence-electron chi connectivity index (χ0n) is 12.0. The zero-order valence-corrected chi connectivity index (χ0v) is 12.0. The van der Waals surface area contributed by atoms with Crippen LogP contribution >= 0.6 is 0 Å². The molecule has 0 aliphatic heterocycles. The van der Waals surface area contributed by atoms with Gasteiger partial charge in [-0.15, -0.1) is 0 Å². The highest BCUT2D eigenvalue weighted by Gasteiger charge is 2.19. The van der Waals surface area contributed by atoms with Crippen molar-refractivity contribution in [3.8, 4) is 0 Å². The molecule has 0 saturated carbocycles. The molecule has 2 nitrogen and oxygen atoms in total. The molecule has 1 aromatic carbocycles. The molecule has 1 aromatic heterocycles. The first-order valence-corrected chi connectivity index (χ1v) is 6.65. The molecule has 0 N–H and O–H groups in total. The van der Waals surface area contributed by atoms with Gasteiger partial charge in [-0.05, 0) is 36.0 Å². The van der Waals surface area contributed by atoms with Crippen molar-refractivity contribution in [1.82, 2.24) is 0 Å². The van der Waals surface area contributed by atoms with Crippen molar-refractivity contribution >= 4 is 5.78 Å². The summed E-state index contributed by atoms with van der Waals surface area (Å²) in [5, 5.41) is 0. The number of ketones is 1. The van der Waals surface area contributed by atoms with E-state index in [2.05, 4.69) is 20.8 Å². The molecule has 0 aliphatic rings. The summed E-state index contributed by atoms with van der Waals surface area (Å²) < 4.78 is 5.25. The maximum Gasteiger partial charge on any atom is 0.228 e. The van der Waals surface area contributed by atoms with E-state index in [1.54, 1.807) is 6.26 Å². The molecule has 2 rings (SSSR count). The average molecular weight is 256 g/mol. The van der Waals surface area contributed by atoms with Crippen molar-refractivity contribution in [1.29, 1.82) is 0 Å². The molecule has 0 spiro atoms. The minimum absolute atomic E-state index is 0.0524. The number of aryl methyl sites for hydroxylation is 1. The van der Waals surface area contributed by atoms with Crippen molar-refractivity contribution in [2.45, 2.75) is 39.5 Å². The summed E-state index contributed by atoms with van der Waals surface area (Å²) in [6.07, 6.45) is 2.62. The molecule has 100 valence electrons. The normalized spacial score (nSPS) is 11.6. The van der Waals surface area contributed by atoms with Gasteiger partial charge in [0.15, 0.2) is 5.76 Å². The third kappa shape index (κ3) is 2.62. The lowest BCUT2D eigenvalue weighted by molar-refractivity contribution is 0.101. The van der Waals surface area contributed by atoms with Gasteiger partial charge < -0.3 is 4.42 Å². The average Bonchev–Trinajstić information content (AvgIpc) is 2.84. The van der Waals surface area contributed by atoms with Gasteiger partial charge in [0.25, 0.3) is 0 Å². The summed E-state index contributed by atoms with van der Waals surface area (Å²) in [6.45, 7) is 8.47. The first-order chi connectivity index (χ1) is 8.95. The molecule has 19 heavy (non-hydrogen) atoms. The predicted molar refractivity (Wildman–Crippen MR) is 76.6 cm³/mol. The number of benzene rings is 1. The predicted octanol–water partition coefficient (Wildman–Crippen LogP) is 4.51. The largest absolute Gasteiger partial charge is 0.461 e. The number of carbonyl (C=O) groups is 1. The van der Waals surface area contributed by atoms with Gasteiger partial charge in [-0.1, -0.05) is 45.0 Å². The molecule has 0 saturated heterocycles. The molecule has 2 heteroatoms. The molecule has 1 heterocycles. The Kier molecular flexibility index (Phi) is 3.61. The Morgan fingerprint density at radius 3 is 2.26 bits per heavy atom. The standard InChI is InChI=1S/C17H20O2/c1-5-17(3,4)14-8-6-13(7-9-14)15(18)16-12(2)10-11-19-16/h6-11H,5H2,1-4H3. The van der Waals surface area contributed by atoms with E-state index in [0.717, 1.165) is 12.0 Å². The highest BCUT2D eigenvalue weighted by atomic mass is 16.3. The molecule has 0 radical (unpaired) electrons. The molecule has 0 unspecified atom stereocenters. The maximum atomic E-state index is 12.3. The van der Waals surface area contributed by atoms with Crippen LogP contribution in [0.1, 0.15) is 54.4 Å². The van der Waals surface area contributed by atoms with Crippen molar-refractivity contribution in [3.63, 3.8) is 0 Å². The molecule has 0 bridgehead atoms. The molecule has 0 amide bonds. The molecule has 0 aliphatic carbocycles. The van der Waals surface area contributed by atoms with Crippen LogP contribution in [-0.4, -0.2) is 5.78 Å². The number of carbonyl (C=O) groups excluding carboxylic acids is 1. The second-order valence-corrected chi connectivity index (χ2v) is 5.58. The Hall–Kier alpha value is -1.83. The Morgan fingerprint density at radius 1 is 1.16 bits per heavy atom. The fourth-order valence-electron chi connectivity index (χ4n) is 2.01. The molecular formula is C17H20O2. The van der Waals surface area contributed by atoms with Crippen LogP contribution < -0.4 is 0 Å². The first-order valence-electron chi connectivity index (χ1n) is 6.65. The summed E-state index contributed by atoms with van der Waals surface area (Å²) in [4.78, 5) is 12.3. The van der Waals surface area contributed by atoms with Crippen LogP contribution in [-0.2, 0) is 5.41 Å². The van der Waals surface area contributed by atoms with Gasteiger partial charge in [-0.3, -0.25) is 4.79 Å². The van der Waals surface area contributed by atoms with Crippen molar-refractivity contribution in [2.75, 3.05) is 0 Å². The third-order valence-corrected chi connectivity index (χ3v) is 3.88. The smallest absolute Gasteiger partial charge is 0.228 e. The molecule has 0 atom stereocenters. The molecule has 0 fully saturated rings. The lowest BCUT2D eigenvalue weighted by atomic mass is 9.82. The lowest BCUT2D eigenvalue weighted by Gasteiger charge is -2.23. The quantitative estimate of drug-likeness (QED) is 0.753. The van der Waals surface area contributed by atoms with Gasteiger partial charge >= 0.3 is 0 Å². The summed E-state index contributed by atoms with van der Waals surface area (Å²) in [6, 6.07) is 9.65. The van der Waals surface area contributed by atoms with Crippen LogP contribution in [0.5, 0.6) is 0 Å². The van der Waals surface area contributed by atoms with Crippen LogP contribution in [0.15, 0.2) is 41.0 Å². The van der Waals surface area contributed by atoms with E-state index in [9.17, 15) is 4.79 Å². The fraction of sp³-hybridized carbons (Fsp3) is 0.353. The van der Waals surface area contributed by atoms with E-state index in [4.69, 9.17) is 4.42 Å². The van der Waals surface area contributed by atoms with Gasteiger partial charge in [0, 0.05) is 5.56 Å². The summed E-state index contributed by atoms with van der Waals surface area (Å²) in [7, 11) is 0. The molecule has 2 aromatic rings. The minimum Gasteiger partial charge on any atom is -0.461 e. The van der Waals surface area contributed by atoms with E-state index < -0.39 is 0 Å². The van der Waals surface area contributed by atoms with E-state index in [0.29, 0.717) is 11.3 Å². The van der Waals surface area contributed by atoms with Crippen LogP contribution in [0.4, 0.5) is 0 Å². The number of hydrogen-bond acceptors (Lipinski definition) is 2. The van der Waals surface area contributed by atoms with Crippen LogP contribution in [0.3, 0.4) is 0 Å². The number of rotatable bonds is 4. The second kappa shape index (κ2) is 5.04. The fourth-order valence-corrected chi connectivity index (χ4v) is 2.01. The van der Waals surface area contributed by atoms with Crippen LogP contribution in [0, 0.1) is 6.92 Å². The highest BCUT2D eigenvalue weighted by molar-refractivity contribution is 6.07. The van der Waals surface area contributed by atoms with Crippen molar-refractivity contribution < 1.29 is 9.21 Å². The summed E-state index contributed by atoms with van der Waals surface area (Å²) in [5.41, 5.74) is 2.95. The van der Waals surface area contributed by atoms with E-state index in [1.165, 1.54) is 5.56 Å². The first kappa shape index (κ1) is 13.6. The highest BCUT2D eigenvalue weighted by Crippen LogP contribution is 2.27. The summed E-state index contributed by atoms with van der Waals surface area (Å²) in [5.74, 6) is 0.380. The molecular weight excluding hydrogens is 236 g/mol. The van der Waals surface area contributed by atoms with Crippen LogP contribution in [0.25, 0.3) is 0 Å². The number of furan rings is 1. The van der Waals surface area contributed by atoms with Gasteiger partial charge in [0.1, 0.15) is 0 Å². The van der Waals surface area contributed by atoms with Gasteiger partial charge in [0.2, 0.25) is 5.78 Å². The summed E-state index contributed by atoms with van der Waals surface area (Å²) >= 11 is 0. The topological polar surface area (TPSA) is 30.2 Å². The Bertz CT molecular complexity index is 574. The zero-order chi connectivity index (χ0) is 14.0. The number of hydrogen-bond donors (Lipinski definition) is 0. The minimum atomic E-state index is -0.0524. The Labute approximate surface area is 114 Å². The monoisotopic (exact) mass is 256 g/mol. The van der Waals surface area contributed by atoms with E-state index in [1.807, 2.05) is 37.3 Å². The Balaban J connectivity index is 2.29. The van der Waals surface area contributed by atoms with Crippen molar-refractivity contribution in [3.05, 3.63) is 59.0 Å². The SMILES string of the molecule is CCC(C)(C)c1ccc(C(=O)c2occc2C)cc1. The van der Waals surface area contributed by atoms with Gasteiger partial charge in [0.05, 0.1) is 6.26 Å². The van der Waals surface area contributed by atoms with Gasteiger partial charge in [-0.2, -0.15) is 0 Å². The second-order valence-electron chi connectivity index (χ2n) is 5.58. The Morgan fingerprint density at radius 2 is 1.79 bits per heavy atom. The van der Waals surface area contributed by atoms with E-state index in [-0.39, 0.29) is 11.2 Å². The van der Waals surface area contributed by atoms with Gasteiger partial charge in [-0.25, -0.2) is 0 Å². The third-order valence-electron chi connectivity index (χ3n) is 3.88. The van der Waals surface area contributed by atoms with Crippen molar-refractivity contribution in [2.24, 2.45) is 0 Å². The maximum absolute atomic E-state index is 12.3.